The van der Waals surface area contributed by atoms with Gasteiger partial charge < -0.3 is 10.4 Å². The van der Waals surface area contributed by atoms with E-state index < -0.39 is 11.8 Å². The molecule has 0 saturated heterocycles. The van der Waals surface area contributed by atoms with Gasteiger partial charge in [-0.3, -0.25) is 4.79 Å². The number of hydrogen-bond donors (Lipinski definition) is 2. The van der Waals surface area contributed by atoms with Gasteiger partial charge in [0.25, 0.3) is 0 Å². The molecule has 1 aromatic carbocycles. The predicted molar refractivity (Wildman–Crippen MR) is 81.7 cm³/mol. The van der Waals surface area contributed by atoms with Crippen molar-refractivity contribution in [3.8, 4) is 0 Å². The maximum absolute atomic E-state index is 13.2. The third-order valence-corrected chi connectivity index (χ3v) is 3.82. The lowest BCUT2D eigenvalue weighted by Gasteiger charge is -2.08. The summed E-state index contributed by atoms with van der Waals surface area (Å²) in [5.74, 6) is -1.92. The van der Waals surface area contributed by atoms with Crippen LogP contribution in [0.1, 0.15) is 15.9 Å². The summed E-state index contributed by atoms with van der Waals surface area (Å²) in [6, 6.07) is 7.06. The fraction of sp³-hybridized carbons (Fsp3) is 0.133. The van der Waals surface area contributed by atoms with Crippen LogP contribution in [0.15, 0.2) is 41.6 Å². The number of halogens is 1. The minimum atomic E-state index is -1.10. The van der Waals surface area contributed by atoms with Crippen LogP contribution in [0.4, 0.5) is 10.1 Å². The molecule has 0 fully saturated rings. The number of carbonyl (C=O) groups is 2. The summed E-state index contributed by atoms with van der Waals surface area (Å²) in [6.45, 7) is 1.75. The van der Waals surface area contributed by atoms with Crippen molar-refractivity contribution in [3.63, 3.8) is 0 Å². The Kier molecular flexibility index (Phi) is 5.11. The van der Waals surface area contributed by atoms with E-state index in [1.165, 1.54) is 30.5 Å². The molecule has 1 aromatic heterocycles. The van der Waals surface area contributed by atoms with Crippen molar-refractivity contribution >= 4 is 29.3 Å². The summed E-state index contributed by atoms with van der Waals surface area (Å²) in [5, 5.41) is 11.9. The number of carboxylic acids is 1. The van der Waals surface area contributed by atoms with Crippen molar-refractivity contribution in [2.75, 3.05) is 11.1 Å². The average molecular weight is 320 g/mol. The highest BCUT2D eigenvalue weighted by Crippen LogP contribution is 2.21. The molecule has 0 unspecified atom stereocenters. The van der Waals surface area contributed by atoms with Crippen LogP contribution < -0.4 is 5.32 Å². The van der Waals surface area contributed by atoms with E-state index in [0.29, 0.717) is 5.69 Å². The normalized spacial score (nSPS) is 10.3. The fourth-order valence-corrected chi connectivity index (χ4v) is 2.50. The van der Waals surface area contributed by atoms with Crippen molar-refractivity contribution < 1.29 is 19.1 Å². The van der Waals surface area contributed by atoms with Gasteiger partial charge in [0.1, 0.15) is 10.8 Å². The van der Waals surface area contributed by atoms with Crippen LogP contribution in [-0.2, 0) is 4.79 Å². The van der Waals surface area contributed by atoms with E-state index in [1.54, 1.807) is 13.0 Å². The summed E-state index contributed by atoms with van der Waals surface area (Å²) in [5.41, 5.74) is 1.18. The van der Waals surface area contributed by atoms with Crippen molar-refractivity contribution in [2.45, 2.75) is 11.9 Å². The average Bonchev–Trinajstić information content (AvgIpc) is 2.49. The smallest absolute Gasteiger partial charge is 0.338 e. The molecule has 5 nitrogen and oxygen atoms in total. The Hall–Kier alpha value is -2.41. The van der Waals surface area contributed by atoms with Gasteiger partial charge in [-0.1, -0.05) is 17.8 Å². The molecule has 114 valence electrons. The molecule has 22 heavy (non-hydrogen) atoms. The van der Waals surface area contributed by atoms with Gasteiger partial charge in [0.15, 0.2) is 0 Å². The first-order valence-corrected chi connectivity index (χ1v) is 7.33. The molecule has 0 saturated carbocycles. The first-order valence-electron chi connectivity index (χ1n) is 6.34. The standard InChI is InChI=1S/C15H13FN2O3S/c1-9-4-5-10(16)7-12(9)18-13(19)8-22-14-11(15(20)21)3-2-6-17-14/h2-7H,8H2,1H3,(H,18,19)(H,20,21). The van der Waals surface area contributed by atoms with Crippen molar-refractivity contribution in [1.82, 2.24) is 4.98 Å². The number of aromatic carboxylic acids is 1. The van der Waals surface area contributed by atoms with Gasteiger partial charge in [-0.2, -0.15) is 0 Å². The predicted octanol–water partition coefficient (Wildman–Crippen LogP) is 2.96. The van der Waals surface area contributed by atoms with Crippen LogP contribution in [0.5, 0.6) is 0 Å². The molecular weight excluding hydrogens is 307 g/mol. The zero-order valence-corrected chi connectivity index (χ0v) is 12.5. The summed E-state index contributed by atoms with van der Waals surface area (Å²) in [4.78, 5) is 26.9. The lowest BCUT2D eigenvalue weighted by Crippen LogP contribution is -2.15. The molecule has 0 aliphatic rings. The van der Waals surface area contributed by atoms with Crippen LogP contribution >= 0.6 is 11.8 Å². The number of anilines is 1. The number of carbonyl (C=O) groups excluding carboxylic acids is 1. The molecular formula is C15H13FN2O3S. The Morgan fingerprint density at radius 3 is 2.86 bits per heavy atom. The van der Waals surface area contributed by atoms with Gasteiger partial charge in [0.05, 0.1) is 11.3 Å². The second-order valence-electron chi connectivity index (χ2n) is 4.46. The number of amides is 1. The Bertz CT molecular complexity index is 722. The van der Waals surface area contributed by atoms with E-state index in [1.807, 2.05) is 0 Å². The molecule has 0 radical (unpaired) electrons. The summed E-state index contributed by atoms with van der Waals surface area (Å²) >= 11 is 1.02. The largest absolute Gasteiger partial charge is 0.478 e. The number of benzene rings is 1. The number of thioether (sulfide) groups is 1. The lowest BCUT2D eigenvalue weighted by atomic mass is 10.2. The van der Waals surface area contributed by atoms with Gasteiger partial charge in [-0.05, 0) is 36.8 Å². The highest BCUT2D eigenvalue weighted by atomic mass is 32.2. The number of nitrogens with one attached hydrogen (secondary N) is 1. The van der Waals surface area contributed by atoms with E-state index in [2.05, 4.69) is 10.3 Å². The molecule has 0 aliphatic heterocycles. The van der Waals surface area contributed by atoms with Crippen LogP contribution in [-0.4, -0.2) is 27.7 Å². The van der Waals surface area contributed by atoms with E-state index in [0.717, 1.165) is 17.3 Å². The van der Waals surface area contributed by atoms with E-state index in [9.17, 15) is 14.0 Å². The minimum Gasteiger partial charge on any atom is -0.478 e. The zero-order valence-electron chi connectivity index (χ0n) is 11.7. The topological polar surface area (TPSA) is 79.3 Å². The first-order chi connectivity index (χ1) is 10.5. The molecule has 0 spiro atoms. The Balaban J connectivity index is 2.02. The zero-order chi connectivity index (χ0) is 16.1. The first kappa shape index (κ1) is 16.0. The fourth-order valence-electron chi connectivity index (χ4n) is 1.72. The summed E-state index contributed by atoms with van der Waals surface area (Å²) in [7, 11) is 0. The molecule has 2 aromatic rings. The lowest BCUT2D eigenvalue weighted by molar-refractivity contribution is -0.113. The van der Waals surface area contributed by atoms with Gasteiger partial charge in [0.2, 0.25) is 5.91 Å². The van der Waals surface area contributed by atoms with E-state index >= 15 is 0 Å². The summed E-state index contributed by atoms with van der Waals surface area (Å²) < 4.78 is 13.2. The van der Waals surface area contributed by atoms with E-state index in [-0.39, 0.29) is 22.2 Å². The molecule has 0 aliphatic carbocycles. The number of pyridine rings is 1. The number of nitrogens with zero attached hydrogens (tertiary/aromatic N) is 1. The Labute approximate surface area is 130 Å². The number of rotatable bonds is 5. The molecule has 2 N–H and O–H groups in total. The third kappa shape index (κ3) is 4.05. The molecule has 7 heteroatoms. The second kappa shape index (κ2) is 7.04. The number of aromatic nitrogens is 1. The number of carboxylic acid groups (broad SMARTS) is 1. The molecule has 0 atom stereocenters. The highest BCUT2D eigenvalue weighted by Gasteiger charge is 2.13. The van der Waals surface area contributed by atoms with Gasteiger partial charge in [-0.25, -0.2) is 14.2 Å². The highest BCUT2D eigenvalue weighted by molar-refractivity contribution is 8.00. The van der Waals surface area contributed by atoms with E-state index in [4.69, 9.17) is 5.11 Å². The SMILES string of the molecule is Cc1ccc(F)cc1NC(=O)CSc1ncccc1C(=O)O. The van der Waals surface area contributed by atoms with Crippen LogP contribution in [0.3, 0.4) is 0 Å². The maximum Gasteiger partial charge on any atom is 0.338 e. The quantitative estimate of drug-likeness (QED) is 0.828. The van der Waals surface area contributed by atoms with Gasteiger partial charge in [-0.15, -0.1) is 0 Å². The monoisotopic (exact) mass is 320 g/mol. The van der Waals surface area contributed by atoms with Crippen molar-refractivity contribution in [3.05, 3.63) is 53.5 Å². The minimum absolute atomic E-state index is 0.0206. The van der Waals surface area contributed by atoms with Crippen LogP contribution in [0, 0.1) is 12.7 Å². The van der Waals surface area contributed by atoms with Crippen molar-refractivity contribution in [1.29, 1.82) is 0 Å². The molecule has 1 amide bonds. The Morgan fingerprint density at radius 1 is 1.36 bits per heavy atom. The molecule has 2 rings (SSSR count). The Morgan fingerprint density at radius 2 is 2.14 bits per heavy atom. The van der Waals surface area contributed by atoms with Gasteiger partial charge in [0, 0.05) is 11.9 Å². The second-order valence-corrected chi connectivity index (χ2v) is 5.42. The number of aryl methyl sites for hydroxylation is 1. The number of hydrogen-bond acceptors (Lipinski definition) is 4. The maximum atomic E-state index is 13.2. The van der Waals surface area contributed by atoms with Gasteiger partial charge >= 0.3 is 5.97 Å². The molecule has 1 heterocycles. The molecule has 0 bridgehead atoms. The van der Waals surface area contributed by atoms with Crippen LogP contribution in [0.2, 0.25) is 0 Å². The van der Waals surface area contributed by atoms with Crippen molar-refractivity contribution in [2.24, 2.45) is 0 Å². The van der Waals surface area contributed by atoms with Crippen LogP contribution in [0.25, 0.3) is 0 Å². The summed E-state index contributed by atoms with van der Waals surface area (Å²) in [6.07, 6.45) is 1.46. The third-order valence-electron chi connectivity index (χ3n) is 2.82.